The Kier molecular flexibility index (Phi) is 3.99. The quantitative estimate of drug-likeness (QED) is 0.704. The van der Waals surface area contributed by atoms with Crippen LogP contribution < -0.4 is 0 Å². The van der Waals surface area contributed by atoms with E-state index in [1.807, 2.05) is 6.08 Å². The molecule has 0 aromatic heterocycles. The van der Waals surface area contributed by atoms with Crippen LogP contribution >= 0.6 is 0 Å². The average Bonchev–Trinajstić information content (AvgIpc) is 2.11. The first kappa shape index (κ1) is 11.4. The first-order valence-corrected chi connectivity index (χ1v) is 7.11. The number of aliphatic hydroxyl groups is 1. The maximum absolute atomic E-state index is 9.38. The molecule has 0 saturated heterocycles. The first-order chi connectivity index (χ1) is 4.52. The van der Waals surface area contributed by atoms with Gasteiger partial charge >= 0.3 is 0 Å². The minimum absolute atomic E-state index is 0. The Morgan fingerprint density at radius 2 is 1.91 bits per heavy atom. The summed E-state index contributed by atoms with van der Waals surface area (Å²) in [5, 5.41) is 10.6. The topological polar surface area (TPSA) is 20.2 Å². The van der Waals surface area contributed by atoms with Gasteiger partial charge in [0.05, 0.1) is 13.8 Å². The summed E-state index contributed by atoms with van der Waals surface area (Å²) in [6.45, 7) is 6.73. The van der Waals surface area contributed by atoms with Crippen molar-refractivity contribution in [2.75, 3.05) is 0 Å². The summed E-state index contributed by atoms with van der Waals surface area (Å²) in [5.74, 6) is 0.596. The average molecular weight is 246 g/mol. The number of hydrogen-bond donors (Lipinski definition) is 1. The van der Waals surface area contributed by atoms with Gasteiger partial charge in [-0.1, -0.05) is 31.8 Å². The molecule has 0 aromatic carbocycles. The van der Waals surface area contributed by atoms with Crippen molar-refractivity contribution in [2.45, 2.75) is 26.1 Å². The normalized spacial score (nSPS) is 17.0. The molecular formula is C8H14OSiZr. The van der Waals surface area contributed by atoms with E-state index in [2.05, 4.69) is 25.7 Å². The summed E-state index contributed by atoms with van der Waals surface area (Å²) in [4.78, 5) is 0. The third-order valence-electron chi connectivity index (χ3n) is 1.71. The van der Waals surface area contributed by atoms with E-state index in [0.29, 0.717) is 5.76 Å². The van der Waals surface area contributed by atoms with Crippen molar-refractivity contribution in [3.63, 3.8) is 0 Å². The third-order valence-corrected chi connectivity index (χ3v) is 3.79. The molecule has 0 heterocycles. The van der Waals surface area contributed by atoms with Crippen LogP contribution in [0.2, 0.25) is 19.6 Å². The molecule has 1 nitrogen and oxygen atoms in total. The smallest absolute Gasteiger partial charge is 0.0952 e. The summed E-state index contributed by atoms with van der Waals surface area (Å²) in [6, 6.07) is 0. The predicted octanol–water partition coefficient (Wildman–Crippen LogP) is 2.63. The van der Waals surface area contributed by atoms with Gasteiger partial charge in [-0.25, -0.2) is 0 Å². The zero-order valence-corrected chi connectivity index (χ0v) is 10.8. The van der Waals surface area contributed by atoms with Gasteiger partial charge < -0.3 is 5.11 Å². The number of hydrogen-bond acceptors (Lipinski definition) is 1. The van der Waals surface area contributed by atoms with E-state index in [9.17, 15) is 5.11 Å². The number of rotatable bonds is 1. The molecule has 0 saturated carbocycles. The van der Waals surface area contributed by atoms with Gasteiger partial charge in [0, 0.05) is 32.6 Å². The van der Waals surface area contributed by atoms with Gasteiger partial charge in [0.2, 0.25) is 0 Å². The second-order valence-corrected chi connectivity index (χ2v) is 8.76. The Morgan fingerprint density at radius 3 is 2.09 bits per heavy atom. The third kappa shape index (κ3) is 2.72. The standard InChI is InChI=1S/C8H14OSi.Zr/c1-10(2,3)8-6-4-5-7(8)9;/h4,6,9H,5H2,1-3H3;. The van der Waals surface area contributed by atoms with Crippen LogP contribution in [0, 0.1) is 0 Å². The zero-order chi connectivity index (χ0) is 7.78. The molecule has 0 radical (unpaired) electrons. The molecule has 0 bridgehead atoms. The molecular weight excluding hydrogens is 231 g/mol. The second-order valence-electron chi connectivity index (χ2n) is 3.72. The van der Waals surface area contributed by atoms with Gasteiger partial charge in [0.15, 0.2) is 0 Å². The molecule has 0 aromatic rings. The monoisotopic (exact) mass is 244 g/mol. The summed E-state index contributed by atoms with van der Waals surface area (Å²) < 4.78 is 0. The van der Waals surface area contributed by atoms with E-state index in [4.69, 9.17) is 0 Å². The van der Waals surface area contributed by atoms with Gasteiger partial charge in [-0.3, -0.25) is 0 Å². The van der Waals surface area contributed by atoms with Crippen molar-refractivity contribution in [3.8, 4) is 0 Å². The molecule has 0 amide bonds. The van der Waals surface area contributed by atoms with Crippen molar-refractivity contribution >= 4 is 8.07 Å². The van der Waals surface area contributed by atoms with E-state index in [0.717, 1.165) is 6.42 Å². The van der Waals surface area contributed by atoms with Gasteiger partial charge in [0.25, 0.3) is 0 Å². The Morgan fingerprint density at radius 1 is 1.36 bits per heavy atom. The molecule has 1 N–H and O–H groups in total. The minimum atomic E-state index is -1.24. The van der Waals surface area contributed by atoms with Crippen LogP contribution in [0.3, 0.4) is 0 Å². The first-order valence-electron chi connectivity index (χ1n) is 3.61. The number of allylic oxidation sites excluding steroid dienone is 3. The molecule has 0 aliphatic heterocycles. The van der Waals surface area contributed by atoms with Crippen LogP contribution in [0.4, 0.5) is 0 Å². The van der Waals surface area contributed by atoms with Gasteiger partial charge in [-0.05, 0) is 5.20 Å². The Hall–Kier alpha value is 0.380. The number of aliphatic hydroxyl groups excluding tert-OH is 1. The molecule has 0 fully saturated rings. The molecule has 1 aliphatic rings. The molecule has 1 aliphatic carbocycles. The molecule has 11 heavy (non-hydrogen) atoms. The van der Waals surface area contributed by atoms with E-state index in [1.54, 1.807) is 0 Å². The van der Waals surface area contributed by atoms with Crippen LogP contribution in [-0.4, -0.2) is 13.2 Å². The van der Waals surface area contributed by atoms with Crippen molar-refractivity contribution in [1.82, 2.24) is 0 Å². The van der Waals surface area contributed by atoms with Crippen molar-refractivity contribution < 1.29 is 31.3 Å². The molecule has 1 rings (SSSR count). The summed E-state index contributed by atoms with van der Waals surface area (Å²) in [6.07, 6.45) is 4.85. The Bertz CT molecular complexity index is 201. The maximum atomic E-state index is 9.38. The van der Waals surface area contributed by atoms with Crippen molar-refractivity contribution in [2.24, 2.45) is 0 Å². The summed E-state index contributed by atoms with van der Waals surface area (Å²) in [5.41, 5.74) is 0. The van der Waals surface area contributed by atoms with Gasteiger partial charge in [-0.15, -0.1) is 0 Å². The molecule has 3 heteroatoms. The second kappa shape index (κ2) is 3.86. The molecule has 0 unspecified atom stereocenters. The zero-order valence-electron chi connectivity index (χ0n) is 7.31. The fourth-order valence-electron chi connectivity index (χ4n) is 1.18. The SMILES string of the molecule is C[Si](C)(C)C1=C(O)CC=C1.[Zr]. The Labute approximate surface area is 88.3 Å². The largest absolute Gasteiger partial charge is 0.512 e. The van der Waals surface area contributed by atoms with Crippen LogP contribution in [-0.2, 0) is 26.2 Å². The fourth-order valence-corrected chi connectivity index (χ4v) is 2.76. The van der Waals surface area contributed by atoms with Crippen molar-refractivity contribution in [1.29, 1.82) is 0 Å². The van der Waals surface area contributed by atoms with E-state index in [-0.39, 0.29) is 26.2 Å². The Balaban J connectivity index is 0.000001000. The van der Waals surface area contributed by atoms with Gasteiger partial charge in [-0.2, -0.15) is 0 Å². The van der Waals surface area contributed by atoms with Crippen LogP contribution in [0.5, 0.6) is 0 Å². The summed E-state index contributed by atoms with van der Waals surface area (Å²) in [7, 11) is -1.24. The van der Waals surface area contributed by atoms with Crippen LogP contribution in [0.1, 0.15) is 6.42 Å². The minimum Gasteiger partial charge on any atom is -0.512 e. The van der Waals surface area contributed by atoms with Crippen LogP contribution in [0.15, 0.2) is 23.1 Å². The van der Waals surface area contributed by atoms with E-state index in [1.165, 1.54) is 5.20 Å². The molecule has 60 valence electrons. The van der Waals surface area contributed by atoms with E-state index >= 15 is 0 Å². The summed E-state index contributed by atoms with van der Waals surface area (Å²) >= 11 is 0. The molecule has 0 spiro atoms. The van der Waals surface area contributed by atoms with Crippen molar-refractivity contribution in [3.05, 3.63) is 23.1 Å². The van der Waals surface area contributed by atoms with Crippen LogP contribution in [0.25, 0.3) is 0 Å². The molecule has 0 atom stereocenters. The predicted molar refractivity (Wildman–Crippen MR) is 46.8 cm³/mol. The maximum Gasteiger partial charge on any atom is 0.0952 e. The van der Waals surface area contributed by atoms with E-state index < -0.39 is 8.07 Å². The van der Waals surface area contributed by atoms with Gasteiger partial charge in [0.1, 0.15) is 0 Å². The fraction of sp³-hybridized carbons (Fsp3) is 0.500.